The Labute approximate surface area is 114 Å². The van der Waals surface area contributed by atoms with Gasteiger partial charge in [0.05, 0.1) is 10.6 Å². The smallest absolute Gasteiger partial charge is 0.255 e. The molecule has 0 saturated carbocycles. The predicted octanol–water partition coefficient (Wildman–Crippen LogP) is 2.67. The van der Waals surface area contributed by atoms with E-state index in [0.717, 1.165) is 23.9 Å². The fraction of sp³-hybridized carbons (Fsp3) is 0.417. The Hall–Kier alpha value is -0.580. The van der Waals surface area contributed by atoms with Crippen LogP contribution in [0.2, 0.25) is 5.02 Å². The van der Waals surface area contributed by atoms with Gasteiger partial charge in [0.2, 0.25) is 0 Å². The first kappa shape index (κ1) is 12.9. The maximum absolute atomic E-state index is 12.4. The van der Waals surface area contributed by atoms with E-state index in [9.17, 15) is 4.79 Å². The van der Waals surface area contributed by atoms with Gasteiger partial charge in [-0.15, -0.1) is 0 Å². The average Bonchev–Trinajstić information content (AvgIpc) is 2.79. The fourth-order valence-electron chi connectivity index (χ4n) is 2.16. The van der Waals surface area contributed by atoms with Crippen LogP contribution < -0.4 is 5.73 Å². The van der Waals surface area contributed by atoms with Crippen LogP contribution in [0.4, 0.5) is 0 Å². The van der Waals surface area contributed by atoms with E-state index in [-0.39, 0.29) is 11.9 Å². The quantitative estimate of drug-likeness (QED) is 0.911. The lowest BCUT2D eigenvalue weighted by atomic mass is 10.1. The van der Waals surface area contributed by atoms with Gasteiger partial charge in [0.25, 0.3) is 5.91 Å². The Morgan fingerprint density at radius 2 is 2.35 bits per heavy atom. The molecule has 1 atom stereocenters. The van der Waals surface area contributed by atoms with Crippen LogP contribution in [0.1, 0.15) is 23.2 Å². The van der Waals surface area contributed by atoms with Crippen LogP contribution >= 0.6 is 27.5 Å². The molecule has 0 aliphatic carbocycles. The van der Waals surface area contributed by atoms with Gasteiger partial charge in [0, 0.05) is 23.6 Å². The van der Waals surface area contributed by atoms with Gasteiger partial charge in [-0.1, -0.05) is 27.5 Å². The first-order chi connectivity index (χ1) is 8.13. The Morgan fingerprint density at radius 1 is 1.59 bits per heavy atom. The number of hydrogen-bond acceptors (Lipinski definition) is 2. The fourth-order valence-corrected chi connectivity index (χ4v) is 2.72. The first-order valence-corrected chi connectivity index (χ1v) is 6.76. The van der Waals surface area contributed by atoms with Gasteiger partial charge < -0.3 is 10.6 Å². The molecule has 1 aliphatic rings. The van der Waals surface area contributed by atoms with Gasteiger partial charge in [-0.05, 0) is 31.0 Å². The van der Waals surface area contributed by atoms with E-state index < -0.39 is 0 Å². The standard InChI is InChI=1S/C12H14BrClN2O/c13-8-3-4-11(14)10(6-8)12(17)16-5-1-2-9(16)7-15/h3-4,6,9H,1-2,5,7,15H2/t9-/m0/s1. The van der Waals surface area contributed by atoms with Crippen LogP contribution in [0.3, 0.4) is 0 Å². The first-order valence-electron chi connectivity index (χ1n) is 5.59. The highest BCUT2D eigenvalue weighted by Gasteiger charge is 2.29. The number of carbonyl (C=O) groups excluding carboxylic acids is 1. The van der Waals surface area contributed by atoms with Crippen molar-refractivity contribution in [2.24, 2.45) is 5.73 Å². The molecule has 0 radical (unpaired) electrons. The van der Waals surface area contributed by atoms with Crippen molar-refractivity contribution in [3.05, 3.63) is 33.3 Å². The number of rotatable bonds is 2. The molecule has 0 aromatic heterocycles. The highest BCUT2D eigenvalue weighted by molar-refractivity contribution is 9.10. The zero-order chi connectivity index (χ0) is 12.4. The molecule has 2 N–H and O–H groups in total. The molecule has 0 spiro atoms. The zero-order valence-electron chi connectivity index (χ0n) is 9.33. The monoisotopic (exact) mass is 316 g/mol. The topological polar surface area (TPSA) is 46.3 Å². The summed E-state index contributed by atoms with van der Waals surface area (Å²) >= 11 is 9.41. The number of hydrogen-bond donors (Lipinski definition) is 1. The molecule has 2 rings (SSSR count). The van der Waals surface area contributed by atoms with Crippen LogP contribution in [0.15, 0.2) is 22.7 Å². The van der Waals surface area contributed by atoms with Crippen molar-refractivity contribution in [3.8, 4) is 0 Å². The molecule has 0 unspecified atom stereocenters. The molecule has 5 heteroatoms. The van der Waals surface area contributed by atoms with Crippen LogP contribution in [-0.2, 0) is 0 Å². The van der Waals surface area contributed by atoms with Crippen LogP contribution in [-0.4, -0.2) is 29.9 Å². The third-order valence-corrected chi connectivity index (χ3v) is 3.89. The van der Waals surface area contributed by atoms with Gasteiger partial charge >= 0.3 is 0 Å². The number of halogens is 2. The van der Waals surface area contributed by atoms with Gasteiger partial charge in [-0.25, -0.2) is 0 Å². The van der Waals surface area contributed by atoms with Crippen molar-refractivity contribution in [3.63, 3.8) is 0 Å². The summed E-state index contributed by atoms with van der Waals surface area (Å²) in [7, 11) is 0. The summed E-state index contributed by atoms with van der Waals surface area (Å²) < 4.78 is 0.855. The van der Waals surface area contributed by atoms with Crippen molar-refractivity contribution in [2.45, 2.75) is 18.9 Å². The van der Waals surface area contributed by atoms with E-state index >= 15 is 0 Å². The third-order valence-electron chi connectivity index (χ3n) is 3.07. The van der Waals surface area contributed by atoms with E-state index in [2.05, 4.69) is 15.9 Å². The number of nitrogens with two attached hydrogens (primary N) is 1. The number of nitrogens with zero attached hydrogens (tertiary/aromatic N) is 1. The Balaban J connectivity index is 2.27. The molecule has 1 fully saturated rings. The molecule has 92 valence electrons. The van der Waals surface area contributed by atoms with Crippen molar-refractivity contribution in [1.82, 2.24) is 4.90 Å². The largest absolute Gasteiger partial charge is 0.334 e. The van der Waals surface area contributed by atoms with Gasteiger partial charge in [0.1, 0.15) is 0 Å². The number of likely N-dealkylation sites (tertiary alicyclic amines) is 1. The maximum Gasteiger partial charge on any atom is 0.255 e. The molecule has 17 heavy (non-hydrogen) atoms. The van der Waals surface area contributed by atoms with Gasteiger partial charge in [-0.2, -0.15) is 0 Å². The molecule has 0 bridgehead atoms. The summed E-state index contributed by atoms with van der Waals surface area (Å²) in [4.78, 5) is 14.2. The van der Waals surface area contributed by atoms with E-state index in [0.29, 0.717) is 17.1 Å². The molecule has 1 aromatic carbocycles. The summed E-state index contributed by atoms with van der Waals surface area (Å²) in [5.41, 5.74) is 6.21. The number of amides is 1. The number of carbonyl (C=O) groups is 1. The third kappa shape index (κ3) is 2.64. The molecule has 1 aromatic rings. The van der Waals surface area contributed by atoms with Crippen molar-refractivity contribution < 1.29 is 4.79 Å². The lowest BCUT2D eigenvalue weighted by Gasteiger charge is -2.24. The zero-order valence-corrected chi connectivity index (χ0v) is 11.7. The Kier molecular flexibility index (Phi) is 4.07. The molecule has 1 amide bonds. The predicted molar refractivity (Wildman–Crippen MR) is 72.3 cm³/mol. The summed E-state index contributed by atoms with van der Waals surface area (Å²) in [6, 6.07) is 5.46. The molecule has 1 aliphatic heterocycles. The second-order valence-electron chi connectivity index (χ2n) is 4.15. The Morgan fingerprint density at radius 3 is 3.06 bits per heavy atom. The minimum Gasteiger partial charge on any atom is -0.334 e. The molecular weight excluding hydrogens is 304 g/mol. The van der Waals surface area contributed by atoms with Gasteiger partial charge in [-0.3, -0.25) is 4.79 Å². The van der Waals surface area contributed by atoms with E-state index in [1.54, 1.807) is 12.1 Å². The van der Waals surface area contributed by atoms with Crippen molar-refractivity contribution >= 4 is 33.4 Å². The van der Waals surface area contributed by atoms with Gasteiger partial charge in [0.15, 0.2) is 0 Å². The lowest BCUT2D eigenvalue weighted by Crippen LogP contribution is -2.40. The lowest BCUT2D eigenvalue weighted by molar-refractivity contribution is 0.0741. The SMILES string of the molecule is NC[C@@H]1CCCN1C(=O)c1cc(Br)ccc1Cl. The van der Waals surface area contributed by atoms with E-state index in [4.69, 9.17) is 17.3 Å². The van der Waals surface area contributed by atoms with Crippen LogP contribution in [0, 0.1) is 0 Å². The second kappa shape index (κ2) is 5.38. The molecular formula is C12H14BrClN2O. The van der Waals surface area contributed by atoms with E-state index in [1.165, 1.54) is 0 Å². The summed E-state index contributed by atoms with van der Waals surface area (Å²) in [6.45, 7) is 1.28. The maximum atomic E-state index is 12.4. The number of benzene rings is 1. The minimum absolute atomic E-state index is 0.0238. The summed E-state index contributed by atoms with van der Waals surface area (Å²) in [5, 5.41) is 0.487. The summed E-state index contributed by atoms with van der Waals surface area (Å²) in [5.74, 6) is -0.0238. The molecule has 1 heterocycles. The summed E-state index contributed by atoms with van der Waals surface area (Å²) in [6.07, 6.45) is 1.99. The van der Waals surface area contributed by atoms with Crippen molar-refractivity contribution in [2.75, 3.05) is 13.1 Å². The molecule has 3 nitrogen and oxygen atoms in total. The van der Waals surface area contributed by atoms with E-state index in [1.807, 2.05) is 11.0 Å². The highest BCUT2D eigenvalue weighted by atomic mass is 79.9. The van der Waals surface area contributed by atoms with Crippen LogP contribution in [0.5, 0.6) is 0 Å². The second-order valence-corrected chi connectivity index (χ2v) is 5.48. The Bertz CT molecular complexity index is 439. The molecule has 1 saturated heterocycles. The highest BCUT2D eigenvalue weighted by Crippen LogP contribution is 2.25. The van der Waals surface area contributed by atoms with Crippen LogP contribution in [0.25, 0.3) is 0 Å². The minimum atomic E-state index is -0.0238. The normalized spacial score (nSPS) is 19.7. The van der Waals surface area contributed by atoms with Crippen molar-refractivity contribution in [1.29, 1.82) is 0 Å². The average molecular weight is 318 g/mol.